The lowest BCUT2D eigenvalue weighted by Crippen LogP contribution is -2.43. The second-order valence-electron chi connectivity index (χ2n) is 9.24. The van der Waals surface area contributed by atoms with E-state index in [9.17, 15) is 31.5 Å². The topological polar surface area (TPSA) is 106 Å². The Balaban J connectivity index is 1.48. The Labute approximate surface area is 205 Å². The number of nitrogens with two attached hydrogens (primary N) is 1. The fraction of sp³-hybridized carbons (Fsp3) is 0.391. The van der Waals surface area contributed by atoms with Crippen LogP contribution in [0.3, 0.4) is 0 Å². The van der Waals surface area contributed by atoms with E-state index in [-0.39, 0.29) is 36.2 Å². The molecule has 1 saturated heterocycles. The van der Waals surface area contributed by atoms with Crippen molar-refractivity contribution in [1.29, 1.82) is 0 Å². The summed E-state index contributed by atoms with van der Waals surface area (Å²) < 4.78 is 86.2. The van der Waals surface area contributed by atoms with Crippen molar-refractivity contribution in [1.82, 2.24) is 24.8 Å². The maximum Gasteiger partial charge on any atom is 0.418 e. The predicted octanol–water partition coefficient (Wildman–Crippen LogP) is 3.23. The zero-order valence-corrected chi connectivity index (χ0v) is 19.2. The number of nitrogens with zero attached hydrogens (tertiary/aromatic N) is 4. The van der Waals surface area contributed by atoms with E-state index in [2.05, 4.69) is 15.4 Å². The van der Waals surface area contributed by atoms with Gasteiger partial charge in [-0.3, -0.25) is 9.59 Å². The Kier molecular flexibility index (Phi) is 5.60. The number of likely N-dealkylation sites (tertiary alicyclic amines) is 1. The predicted molar refractivity (Wildman–Crippen MR) is 118 cm³/mol. The molecule has 14 heteroatoms. The summed E-state index contributed by atoms with van der Waals surface area (Å²) in [7, 11) is 0. The van der Waals surface area contributed by atoms with Gasteiger partial charge in [-0.25, -0.2) is 22.7 Å². The van der Waals surface area contributed by atoms with Crippen molar-refractivity contribution in [2.45, 2.75) is 43.8 Å². The quantitative estimate of drug-likeness (QED) is 0.508. The molecule has 8 nitrogen and oxygen atoms in total. The third kappa shape index (κ3) is 4.13. The highest BCUT2D eigenvalue weighted by molar-refractivity contribution is 5.98. The van der Waals surface area contributed by atoms with Gasteiger partial charge in [0.1, 0.15) is 23.8 Å². The van der Waals surface area contributed by atoms with Gasteiger partial charge in [0.15, 0.2) is 11.5 Å². The first kappa shape index (κ1) is 24.8. The molecule has 3 aromatic rings. The van der Waals surface area contributed by atoms with Crippen LogP contribution in [0.4, 0.5) is 32.2 Å². The van der Waals surface area contributed by atoms with E-state index >= 15 is 4.39 Å². The molecule has 1 aromatic carbocycles. The summed E-state index contributed by atoms with van der Waals surface area (Å²) in [6.45, 7) is 0.678. The lowest BCUT2D eigenvalue weighted by atomic mass is 10.0. The van der Waals surface area contributed by atoms with Crippen LogP contribution >= 0.6 is 0 Å². The number of aromatic nitrogens is 3. The maximum atomic E-state index is 15.7. The van der Waals surface area contributed by atoms with Gasteiger partial charge in [-0.05, 0) is 37.5 Å². The monoisotopic (exact) mass is 526 g/mol. The van der Waals surface area contributed by atoms with Gasteiger partial charge >= 0.3 is 6.18 Å². The third-order valence-electron chi connectivity index (χ3n) is 6.67. The molecule has 1 aliphatic heterocycles. The first-order valence-electron chi connectivity index (χ1n) is 11.2. The van der Waals surface area contributed by atoms with E-state index in [1.165, 1.54) is 19.1 Å². The van der Waals surface area contributed by atoms with Gasteiger partial charge in [0.05, 0.1) is 29.4 Å². The molecule has 2 aliphatic rings. The molecule has 2 fully saturated rings. The fourth-order valence-electron chi connectivity index (χ4n) is 4.54. The van der Waals surface area contributed by atoms with Gasteiger partial charge in [0.2, 0.25) is 0 Å². The number of carbonyl (C=O) groups excluding carboxylic acids is 2. The molecule has 196 valence electrons. The molecule has 5 rings (SSSR count). The maximum absolute atomic E-state index is 15.7. The van der Waals surface area contributed by atoms with Crippen molar-refractivity contribution in [2.24, 2.45) is 0 Å². The van der Waals surface area contributed by atoms with E-state index in [0.29, 0.717) is 6.07 Å². The van der Waals surface area contributed by atoms with Crippen molar-refractivity contribution in [3.63, 3.8) is 0 Å². The van der Waals surface area contributed by atoms with Crippen LogP contribution in [0.15, 0.2) is 24.5 Å². The molecule has 3 heterocycles. The summed E-state index contributed by atoms with van der Waals surface area (Å²) in [5, 5.41) is 6.11. The first-order valence-corrected chi connectivity index (χ1v) is 11.2. The molecule has 0 bridgehead atoms. The molecule has 0 spiro atoms. The fourth-order valence-corrected chi connectivity index (χ4v) is 4.54. The number of rotatable bonds is 4. The summed E-state index contributed by atoms with van der Waals surface area (Å²) >= 11 is 0. The van der Waals surface area contributed by atoms with Crippen molar-refractivity contribution in [3.05, 3.63) is 47.0 Å². The average molecular weight is 526 g/mol. The van der Waals surface area contributed by atoms with Crippen molar-refractivity contribution in [3.8, 4) is 11.3 Å². The number of fused-ring (bicyclic) bond motifs is 1. The number of hydrogen-bond donors (Lipinski definition) is 2. The molecule has 2 amide bonds. The lowest BCUT2D eigenvalue weighted by Gasteiger charge is -2.19. The SMILES string of the molecule is Cc1ccc(-c2cc(C(F)(F)F)c3c(N)ncnn23)c(F)c1C(=O)N[C@@H]1CN(C(=O)C2(F)CC2)C[C@@H]1F. The number of alkyl halides is 5. The standard InChI is InChI=1S/C23H20F6N6O2/c1-10-2-3-11(15-6-12(23(27,28)29)18-19(30)31-9-32-35(15)18)17(25)16(10)20(36)33-14-8-34(7-13(14)24)21(37)22(26)4-5-22/h2-3,6,9,13-14H,4-5,7-8H2,1H3,(H,33,36)(H2,30,31,32)/t13-,14+/m0/s1. The van der Waals surface area contributed by atoms with E-state index in [1.54, 1.807) is 0 Å². The van der Waals surface area contributed by atoms with Crippen LogP contribution in [-0.2, 0) is 11.0 Å². The third-order valence-corrected chi connectivity index (χ3v) is 6.67. The minimum absolute atomic E-state index is 0.0502. The second-order valence-corrected chi connectivity index (χ2v) is 9.24. The van der Waals surface area contributed by atoms with Gasteiger partial charge in [0.25, 0.3) is 11.8 Å². The van der Waals surface area contributed by atoms with Crippen LogP contribution in [0.25, 0.3) is 16.8 Å². The number of nitrogen functional groups attached to an aromatic ring is 1. The van der Waals surface area contributed by atoms with Crippen LogP contribution in [0.5, 0.6) is 0 Å². The largest absolute Gasteiger partial charge is 0.418 e. The molecule has 37 heavy (non-hydrogen) atoms. The molecule has 1 aliphatic carbocycles. The summed E-state index contributed by atoms with van der Waals surface area (Å²) in [5.74, 6) is -3.52. The van der Waals surface area contributed by atoms with Crippen molar-refractivity contribution < 1.29 is 35.9 Å². The summed E-state index contributed by atoms with van der Waals surface area (Å²) in [5.41, 5.74) is 0.761. The molecular formula is C23H20F6N6O2. The number of amides is 2. The first-order chi connectivity index (χ1) is 17.3. The number of carbonyl (C=O) groups is 2. The Bertz CT molecular complexity index is 1430. The van der Waals surface area contributed by atoms with Crippen LogP contribution in [0, 0.1) is 12.7 Å². The minimum atomic E-state index is -4.86. The summed E-state index contributed by atoms with van der Waals surface area (Å²) in [6.07, 6.45) is -5.57. The van der Waals surface area contributed by atoms with Crippen LogP contribution in [0.2, 0.25) is 0 Å². The Morgan fingerprint density at radius 2 is 1.92 bits per heavy atom. The Morgan fingerprint density at radius 1 is 1.22 bits per heavy atom. The molecule has 1 saturated carbocycles. The number of hydrogen-bond acceptors (Lipinski definition) is 5. The normalized spacial score (nSPS) is 20.9. The zero-order chi connectivity index (χ0) is 26.9. The number of nitrogens with one attached hydrogen (secondary N) is 1. The average Bonchev–Trinajstić information content (AvgIpc) is 3.28. The molecule has 2 aromatic heterocycles. The number of benzene rings is 1. The highest BCUT2D eigenvalue weighted by Gasteiger charge is 2.54. The van der Waals surface area contributed by atoms with Gasteiger partial charge < -0.3 is 16.0 Å². The number of aryl methyl sites for hydroxylation is 1. The van der Waals surface area contributed by atoms with E-state index in [1.807, 2.05) is 0 Å². The number of anilines is 1. The Morgan fingerprint density at radius 3 is 2.57 bits per heavy atom. The minimum Gasteiger partial charge on any atom is -0.382 e. The van der Waals surface area contributed by atoms with Crippen LogP contribution < -0.4 is 11.1 Å². The lowest BCUT2D eigenvalue weighted by molar-refractivity contribution is -0.137. The van der Waals surface area contributed by atoms with Gasteiger partial charge in [-0.1, -0.05) is 6.07 Å². The molecular weight excluding hydrogens is 506 g/mol. The van der Waals surface area contributed by atoms with Crippen LogP contribution in [0.1, 0.15) is 34.3 Å². The molecule has 0 unspecified atom stereocenters. The highest BCUT2D eigenvalue weighted by atomic mass is 19.4. The van der Waals surface area contributed by atoms with Crippen molar-refractivity contribution >= 4 is 23.1 Å². The second kappa shape index (κ2) is 8.35. The molecule has 0 radical (unpaired) electrons. The highest BCUT2D eigenvalue weighted by Crippen LogP contribution is 2.42. The molecule has 2 atom stereocenters. The molecule has 3 N–H and O–H groups in total. The van der Waals surface area contributed by atoms with Crippen molar-refractivity contribution in [2.75, 3.05) is 18.8 Å². The number of halogens is 6. The van der Waals surface area contributed by atoms with Gasteiger partial charge in [0, 0.05) is 12.1 Å². The summed E-state index contributed by atoms with van der Waals surface area (Å²) in [4.78, 5) is 29.8. The van der Waals surface area contributed by atoms with E-state index in [4.69, 9.17) is 5.73 Å². The van der Waals surface area contributed by atoms with Gasteiger partial charge in [-0.2, -0.15) is 18.3 Å². The zero-order valence-electron chi connectivity index (χ0n) is 19.2. The van der Waals surface area contributed by atoms with Gasteiger partial charge in [-0.15, -0.1) is 0 Å². The summed E-state index contributed by atoms with van der Waals surface area (Å²) in [6, 6.07) is 1.94. The Hall–Kier alpha value is -3.84. The van der Waals surface area contributed by atoms with E-state index in [0.717, 1.165) is 15.7 Å². The van der Waals surface area contributed by atoms with Crippen LogP contribution in [-0.4, -0.2) is 62.3 Å². The van der Waals surface area contributed by atoms with E-state index < -0.39 is 70.7 Å². The smallest absolute Gasteiger partial charge is 0.382 e.